The number of carbonyl (C=O) groups excluding carboxylic acids is 1. The van der Waals surface area contributed by atoms with E-state index in [2.05, 4.69) is 12.2 Å². The fourth-order valence-electron chi connectivity index (χ4n) is 4.02. The molecule has 0 heterocycles. The Balaban J connectivity index is 1.70. The SMILES string of the molecule is CCCCCCC(Oc1ccc(-c2ccc(C(F)(F)F)cc2)cc1)c1ccc(C(=O)NC[C@H](O)C(=O)O)cc1. The van der Waals surface area contributed by atoms with Gasteiger partial charge in [0.2, 0.25) is 0 Å². The van der Waals surface area contributed by atoms with E-state index in [1.54, 1.807) is 48.5 Å². The molecule has 0 aliphatic heterocycles. The summed E-state index contributed by atoms with van der Waals surface area (Å²) in [6, 6.07) is 19.0. The molecule has 1 unspecified atom stereocenters. The van der Waals surface area contributed by atoms with Crippen molar-refractivity contribution in [1.82, 2.24) is 5.32 Å². The van der Waals surface area contributed by atoms with E-state index in [4.69, 9.17) is 9.84 Å². The number of benzene rings is 3. The van der Waals surface area contributed by atoms with Crippen molar-refractivity contribution in [1.29, 1.82) is 0 Å². The topological polar surface area (TPSA) is 95.9 Å². The van der Waals surface area contributed by atoms with Crippen molar-refractivity contribution < 1.29 is 37.7 Å². The Morgan fingerprint density at radius 3 is 2.00 bits per heavy atom. The van der Waals surface area contributed by atoms with Gasteiger partial charge in [0.05, 0.1) is 12.1 Å². The van der Waals surface area contributed by atoms with Gasteiger partial charge in [-0.05, 0) is 65.9 Å². The van der Waals surface area contributed by atoms with Crippen molar-refractivity contribution in [2.24, 2.45) is 0 Å². The molecule has 3 N–H and O–H groups in total. The molecular formula is C30H32F3NO5. The lowest BCUT2D eigenvalue weighted by atomic mass is 10.0. The quantitative estimate of drug-likeness (QED) is 0.210. The maximum Gasteiger partial charge on any atom is 0.416 e. The minimum atomic E-state index is -4.38. The number of carboxylic acids is 1. The van der Waals surface area contributed by atoms with Crippen LogP contribution >= 0.6 is 0 Å². The molecule has 0 saturated heterocycles. The van der Waals surface area contributed by atoms with Crippen molar-refractivity contribution >= 4 is 11.9 Å². The number of aliphatic carboxylic acids is 1. The zero-order valence-corrected chi connectivity index (χ0v) is 21.6. The number of alkyl halides is 3. The summed E-state index contributed by atoms with van der Waals surface area (Å²) in [5.41, 5.74) is 1.91. The average molecular weight is 544 g/mol. The summed E-state index contributed by atoms with van der Waals surface area (Å²) in [4.78, 5) is 23.0. The summed E-state index contributed by atoms with van der Waals surface area (Å²) in [7, 11) is 0. The Hall–Kier alpha value is -3.85. The first-order chi connectivity index (χ1) is 18.6. The first-order valence-corrected chi connectivity index (χ1v) is 12.8. The summed E-state index contributed by atoms with van der Waals surface area (Å²) in [6.07, 6.45) is -1.41. The number of halogens is 3. The zero-order chi connectivity index (χ0) is 28.4. The highest BCUT2D eigenvalue weighted by Crippen LogP contribution is 2.32. The van der Waals surface area contributed by atoms with Crippen LogP contribution in [0.4, 0.5) is 13.2 Å². The number of amides is 1. The number of rotatable bonds is 13. The monoisotopic (exact) mass is 543 g/mol. The Bertz CT molecular complexity index is 1210. The molecule has 208 valence electrons. The summed E-state index contributed by atoms with van der Waals surface area (Å²) in [6.45, 7) is 1.73. The molecule has 0 aliphatic carbocycles. The Kier molecular flexibility index (Phi) is 10.5. The minimum Gasteiger partial charge on any atom is -0.486 e. The van der Waals surface area contributed by atoms with Gasteiger partial charge in [-0.1, -0.05) is 62.6 Å². The molecule has 0 aliphatic rings. The van der Waals surface area contributed by atoms with E-state index in [1.165, 1.54) is 12.1 Å². The van der Waals surface area contributed by atoms with Gasteiger partial charge in [-0.2, -0.15) is 13.2 Å². The predicted octanol–water partition coefficient (Wildman–Crippen LogP) is 6.64. The average Bonchev–Trinajstić information content (AvgIpc) is 2.93. The molecule has 6 nitrogen and oxygen atoms in total. The Labute approximate surface area is 225 Å². The van der Waals surface area contributed by atoms with Crippen LogP contribution in [0.25, 0.3) is 11.1 Å². The molecule has 3 rings (SSSR count). The molecule has 0 spiro atoms. The lowest BCUT2D eigenvalue weighted by Gasteiger charge is -2.20. The summed E-state index contributed by atoms with van der Waals surface area (Å²) in [5, 5.41) is 20.5. The van der Waals surface area contributed by atoms with Crippen molar-refractivity contribution in [2.75, 3.05) is 6.54 Å². The number of ether oxygens (including phenoxy) is 1. The van der Waals surface area contributed by atoms with Crippen molar-refractivity contribution in [3.8, 4) is 16.9 Å². The zero-order valence-electron chi connectivity index (χ0n) is 21.6. The van der Waals surface area contributed by atoms with Crippen LogP contribution in [0.2, 0.25) is 0 Å². The summed E-state index contributed by atoms with van der Waals surface area (Å²) >= 11 is 0. The highest BCUT2D eigenvalue weighted by atomic mass is 19.4. The van der Waals surface area contributed by atoms with Gasteiger partial charge in [-0.3, -0.25) is 4.79 Å². The number of nitrogens with one attached hydrogen (secondary N) is 1. The van der Waals surface area contributed by atoms with Gasteiger partial charge in [0, 0.05) is 5.56 Å². The van der Waals surface area contributed by atoms with Crippen LogP contribution in [-0.4, -0.2) is 34.7 Å². The molecule has 2 atom stereocenters. The third-order valence-corrected chi connectivity index (χ3v) is 6.28. The van der Waals surface area contributed by atoms with Gasteiger partial charge in [0.15, 0.2) is 6.10 Å². The van der Waals surface area contributed by atoms with Gasteiger partial charge in [-0.25, -0.2) is 4.79 Å². The molecule has 3 aromatic carbocycles. The van der Waals surface area contributed by atoms with Crippen LogP contribution in [0.1, 0.15) is 66.6 Å². The van der Waals surface area contributed by atoms with Crippen LogP contribution in [-0.2, 0) is 11.0 Å². The summed E-state index contributed by atoms with van der Waals surface area (Å²) in [5.74, 6) is -1.31. The standard InChI is InChI=1S/C30H32F3NO5/c1-2-3-4-5-6-27(22-7-9-23(10-8-22)28(36)34-19-26(35)29(37)38)39-25-17-13-21(14-18-25)20-11-15-24(16-12-20)30(31,32)33/h7-18,26-27,35H,2-6,19H2,1H3,(H,34,36)(H,37,38)/t26-,27?/m0/s1. The fraction of sp³-hybridized carbons (Fsp3) is 0.333. The number of aliphatic hydroxyl groups is 1. The lowest BCUT2D eigenvalue weighted by Crippen LogP contribution is -2.36. The molecule has 0 bridgehead atoms. The first kappa shape index (κ1) is 29.7. The van der Waals surface area contributed by atoms with E-state index in [0.717, 1.165) is 55.4 Å². The van der Waals surface area contributed by atoms with E-state index < -0.39 is 36.3 Å². The Morgan fingerprint density at radius 2 is 1.46 bits per heavy atom. The molecule has 39 heavy (non-hydrogen) atoms. The van der Waals surface area contributed by atoms with E-state index in [9.17, 15) is 27.9 Å². The van der Waals surface area contributed by atoms with Crippen LogP contribution < -0.4 is 10.1 Å². The van der Waals surface area contributed by atoms with Crippen molar-refractivity contribution in [3.05, 3.63) is 89.5 Å². The second-order valence-electron chi connectivity index (χ2n) is 9.24. The molecule has 3 aromatic rings. The highest BCUT2D eigenvalue weighted by molar-refractivity contribution is 5.94. The second-order valence-corrected chi connectivity index (χ2v) is 9.24. The van der Waals surface area contributed by atoms with Crippen LogP contribution in [0.5, 0.6) is 5.75 Å². The number of aliphatic hydroxyl groups excluding tert-OH is 1. The predicted molar refractivity (Wildman–Crippen MR) is 141 cm³/mol. The van der Waals surface area contributed by atoms with E-state index in [0.29, 0.717) is 16.9 Å². The number of unbranched alkanes of at least 4 members (excludes halogenated alkanes) is 3. The maximum atomic E-state index is 12.9. The van der Waals surface area contributed by atoms with Gasteiger partial charge < -0.3 is 20.3 Å². The van der Waals surface area contributed by atoms with E-state index in [-0.39, 0.29) is 6.10 Å². The third kappa shape index (κ3) is 8.85. The highest BCUT2D eigenvalue weighted by Gasteiger charge is 2.30. The van der Waals surface area contributed by atoms with Gasteiger partial charge in [0.1, 0.15) is 11.9 Å². The minimum absolute atomic E-state index is 0.287. The number of hydrogen-bond donors (Lipinski definition) is 3. The smallest absolute Gasteiger partial charge is 0.416 e. The van der Waals surface area contributed by atoms with Crippen LogP contribution in [0, 0.1) is 0 Å². The first-order valence-electron chi connectivity index (χ1n) is 12.8. The maximum absolute atomic E-state index is 12.9. The molecule has 0 fully saturated rings. The van der Waals surface area contributed by atoms with Crippen LogP contribution in [0.15, 0.2) is 72.8 Å². The fourth-order valence-corrected chi connectivity index (χ4v) is 4.02. The van der Waals surface area contributed by atoms with Crippen LogP contribution in [0.3, 0.4) is 0 Å². The molecular weight excluding hydrogens is 511 g/mol. The molecule has 0 aromatic heterocycles. The third-order valence-electron chi connectivity index (χ3n) is 6.28. The second kappa shape index (κ2) is 13.8. The lowest BCUT2D eigenvalue weighted by molar-refractivity contribution is -0.146. The van der Waals surface area contributed by atoms with Crippen molar-refractivity contribution in [3.63, 3.8) is 0 Å². The Morgan fingerprint density at radius 1 is 0.872 bits per heavy atom. The van der Waals surface area contributed by atoms with Gasteiger partial charge >= 0.3 is 12.1 Å². The van der Waals surface area contributed by atoms with Gasteiger partial charge in [-0.15, -0.1) is 0 Å². The molecule has 0 radical (unpaired) electrons. The number of carbonyl (C=O) groups is 2. The molecule has 0 saturated carbocycles. The van der Waals surface area contributed by atoms with Gasteiger partial charge in [0.25, 0.3) is 5.91 Å². The van der Waals surface area contributed by atoms with E-state index >= 15 is 0 Å². The molecule has 1 amide bonds. The largest absolute Gasteiger partial charge is 0.486 e. The number of hydrogen-bond acceptors (Lipinski definition) is 4. The molecule has 9 heteroatoms. The number of carboxylic acid groups (broad SMARTS) is 1. The van der Waals surface area contributed by atoms with Crippen molar-refractivity contribution in [2.45, 2.75) is 57.4 Å². The van der Waals surface area contributed by atoms with E-state index in [1.807, 2.05) is 0 Å². The summed E-state index contributed by atoms with van der Waals surface area (Å²) < 4.78 is 44.9. The normalized spacial score (nSPS) is 12.9.